The first-order valence-electron chi connectivity index (χ1n) is 36.2. The van der Waals surface area contributed by atoms with Crippen molar-refractivity contribution in [3.63, 3.8) is 0 Å². The summed E-state index contributed by atoms with van der Waals surface area (Å²) in [5, 5.41) is 41.9. The average molecular weight is 1500 g/mol. The van der Waals surface area contributed by atoms with Gasteiger partial charge in [0.2, 0.25) is 0 Å². The Labute approximate surface area is 638 Å². The zero-order valence-corrected chi connectivity index (χ0v) is 61.4. The quantitative estimate of drug-likeness (QED) is 0.112. The third-order valence-corrected chi connectivity index (χ3v) is 22.3. The molecular weight excluding hydrogens is 1430 g/mol. The second-order valence-corrected chi connectivity index (χ2v) is 29.2. The number of halogens is 2. The summed E-state index contributed by atoms with van der Waals surface area (Å²) in [5.74, 6) is 0. The molecule has 0 saturated carbocycles. The highest BCUT2D eigenvalue weighted by atomic mass is 79.9. The molecule has 504 valence electrons. The molecule has 0 atom stereocenters. The summed E-state index contributed by atoms with van der Waals surface area (Å²) >= 11 is 7.42. The lowest BCUT2D eigenvalue weighted by molar-refractivity contribution is 0.426. The maximum atomic E-state index is 9.69. The van der Waals surface area contributed by atoms with Gasteiger partial charge in [-0.2, -0.15) is 0 Å². The van der Waals surface area contributed by atoms with Crippen LogP contribution in [-0.4, -0.2) is 17.2 Å². The standard InChI is InChI=1S/C62H40.C22H17BO2.C18H10Br2/c1-3-15-41(16-4-1)49-33-51(47-29-27-43-19-7-9-21-45(43)31-47)37-53(35-49)59-39-61-58-26-14-12-24-56(58)60(40-62(61)57-25-13-11-23-55(57)59)54-36-50(42-17-5-2-6-18-42)34-52(38-54)48-30-28-44-20-8-10-22-46(44)32-48;24-23(25)22-14-20(16-6-2-1-3-7-16)13-21(15-22)19-11-10-17-8-4-5-9-18(17)12-19;19-17-10-16-12-6-2-4-8-14(12)18(20)9-15(16)11-5-1-3-7-13(11)17/h1-40H;1-15,24-25H;1-10H. The van der Waals surface area contributed by atoms with Gasteiger partial charge in [0.15, 0.2) is 0 Å². The summed E-state index contributed by atoms with van der Waals surface area (Å²) in [4.78, 5) is 0. The molecule has 20 rings (SSSR count). The normalized spacial score (nSPS) is 11.4. The Morgan fingerprint density at radius 1 is 0.159 bits per heavy atom. The van der Waals surface area contributed by atoms with Crippen molar-refractivity contribution in [1.29, 1.82) is 0 Å². The van der Waals surface area contributed by atoms with Crippen molar-refractivity contribution >= 4 is 141 Å². The van der Waals surface area contributed by atoms with Crippen molar-refractivity contribution in [3.05, 3.63) is 403 Å². The molecule has 0 radical (unpaired) electrons. The number of hydrogen-bond acceptors (Lipinski definition) is 2. The molecule has 2 nitrogen and oxygen atoms in total. The van der Waals surface area contributed by atoms with Crippen LogP contribution in [0.25, 0.3) is 186 Å². The maximum absolute atomic E-state index is 9.69. The van der Waals surface area contributed by atoms with E-state index in [4.69, 9.17) is 0 Å². The summed E-state index contributed by atoms with van der Waals surface area (Å²) in [7, 11) is -1.50. The van der Waals surface area contributed by atoms with E-state index in [1.165, 1.54) is 158 Å². The van der Waals surface area contributed by atoms with Gasteiger partial charge in [-0.25, -0.2) is 0 Å². The summed E-state index contributed by atoms with van der Waals surface area (Å²) < 4.78 is 2.29. The molecule has 0 amide bonds. The Morgan fingerprint density at radius 2 is 0.402 bits per heavy atom. The van der Waals surface area contributed by atoms with E-state index < -0.39 is 7.12 Å². The minimum atomic E-state index is -1.50. The minimum Gasteiger partial charge on any atom is -0.423 e. The van der Waals surface area contributed by atoms with Crippen LogP contribution < -0.4 is 5.46 Å². The molecular formula is C102H67BBr2O2. The minimum absolute atomic E-state index is 0.490. The van der Waals surface area contributed by atoms with Gasteiger partial charge in [-0.1, -0.05) is 341 Å². The highest BCUT2D eigenvalue weighted by Gasteiger charge is 2.20. The zero-order chi connectivity index (χ0) is 71.9. The first-order chi connectivity index (χ1) is 52.7. The average Bonchev–Trinajstić information content (AvgIpc) is 0.737. The molecule has 0 fully saturated rings. The topological polar surface area (TPSA) is 40.5 Å². The van der Waals surface area contributed by atoms with E-state index in [0.29, 0.717) is 5.46 Å². The maximum Gasteiger partial charge on any atom is 0.488 e. The molecule has 0 heterocycles. The first-order valence-corrected chi connectivity index (χ1v) is 37.8. The Bertz CT molecular complexity index is 6490. The van der Waals surface area contributed by atoms with Crippen molar-refractivity contribution in [2.75, 3.05) is 0 Å². The van der Waals surface area contributed by atoms with Crippen molar-refractivity contribution in [3.8, 4) is 89.0 Å². The van der Waals surface area contributed by atoms with E-state index in [2.05, 4.69) is 372 Å². The largest absolute Gasteiger partial charge is 0.488 e. The van der Waals surface area contributed by atoms with Gasteiger partial charge < -0.3 is 10.0 Å². The summed E-state index contributed by atoms with van der Waals surface area (Å²) in [6, 6.07) is 141. The van der Waals surface area contributed by atoms with Gasteiger partial charge in [-0.3, -0.25) is 0 Å². The summed E-state index contributed by atoms with van der Waals surface area (Å²) in [5.41, 5.74) is 19.1. The third kappa shape index (κ3) is 13.3. The van der Waals surface area contributed by atoms with Gasteiger partial charge in [0, 0.05) is 8.95 Å². The van der Waals surface area contributed by atoms with E-state index in [0.717, 1.165) is 36.6 Å². The van der Waals surface area contributed by atoms with E-state index in [-0.39, 0.29) is 0 Å². The predicted octanol–water partition coefficient (Wildman–Crippen LogP) is 28.0. The first kappa shape index (κ1) is 66.6. The third-order valence-electron chi connectivity index (χ3n) is 21.0. The van der Waals surface area contributed by atoms with Crippen LogP contribution in [0.5, 0.6) is 0 Å². The van der Waals surface area contributed by atoms with Crippen molar-refractivity contribution < 1.29 is 10.0 Å². The van der Waals surface area contributed by atoms with Crippen LogP contribution in [0, 0.1) is 0 Å². The van der Waals surface area contributed by atoms with Gasteiger partial charge in [-0.15, -0.1) is 0 Å². The van der Waals surface area contributed by atoms with Crippen LogP contribution in [-0.2, 0) is 0 Å². The fourth-order valence-electron chi connectivity index (χ4n) is 15.7. The van der Waals surface area contributed by atoms with Gasteiger partial charge in [0.1, 0.15) is 0 Å². The molecule has 20 aromatic carbocycles. The van der Waals surface area contributed by atoms with Crippen LogP contribution in [0.4, 0.5) is 0 Å². The van der Waals surface area contributed by atoms with Crippen LogP contribution in [0.1, 0.15) is 0 Å². The van der Waals surface area contributed by atoms with E-state index in [1.54, 1.807) is 0 Å². The van der Waals surface area contributed by atoms with Crippen molar-refractivity contribution in [2.45, 2.75) is 0 Å². The van der Waals surface area contributed by atoms with E-state index in [9.17, 15) is 10.0 Å². The molecule has 0 aliphatic heterocycles. The number of rotatable bonds is 9. The molecule has 0 saturated heterocycles. The molecule has 0 aliphatic carbocycles. The lowest BCUT2D eigenvalue weighted by Gasteiger charge is -2.18. The Morgan fingerprint density at radius 3 is 0.738 bits per heavy atom. The molecule has 5 heteroatoms. The molecule has 20 aromatic rings. The molecule has 0 aliphatic rings. The molecule has 0 bridgehead atoms. The monoisotopic (exact) mass is 1490 g/mol. The van der Waals surface area contributed by atoms with E-state index >= 15 is 0 Å². The number of fused-ring (bicyclic) bond motifs is 13. The molecule has 0 aromatic heterocycles. The smallest absolute Gasteiger partial charge is 0.423 e. The second kappa shape index (κ2) is 29.0. The Balaban J connectivity index is 0.000000145. The lowest BCUT2D eigenvalue weighted by Crippen LogP contribution is -2.29. The molecule has 107 heavy (non-hydrogen) atoms. The summed E-state index contributed by atoms with van der Waals surface area (Å²) in [6.45, 7) is 0. The fourth-order valence-corrected chi connectivity index (χ4v) is 16.8. The molecule has 0 spiro atoms. The van der Waals surface area contributed by atoms with Gasteiger partial charge in [-0.05, 0) is 276 Å². The van der Waals surface area contributed by atoms with E-state index in [1.807, 2.05) is 54.6 Å². The number of hydrogen-bond donors (Lipinski definition) is 2. The summed E-state index contributed by atoms with van der Waals surface area (Å²) in [6.07, 6.45) is 0. The fraction of sp³-hybridized carbons (Fsp3) is 0. The molecule has 2 N–H and O–H groups in total. The van der Waals surface area contributed by atoms with Crippen LogP contribution >= 0.6 is 31.9 Å². The van der Waals surface area contributed by atoms with Crippen molar-refractivity contribution in [1.82, 2.24) is 0 Å². The predicted molar refractivity (Wildman–Crippen MR) is 466 cm³/mol. The SMILES string of the molecule is Brc1cc2c3ccccc3c(Br)cc2c2ccccc12.OB(O)c1cc(-c2ccccc2)cc(-c2ccc3ccccc3c2)c1.c1ccc(-c2cc(-c3ccc4ccccc4c3)cc(-c3cc4c5ccccc5c(-c5cc(-c6ccccc6)cc(-c6ccc7ccccc7c6)c5)cc4c4ccccc34)c2)cc1. The highest BCUT2D eigenvalue weighted by Crippen LogP contribution is 2.46. The number of benzene rings is 20. The van der Waals surface area contributed by atoms with Crippen LogP contribution in [0.2, 0.25) is 0 Å². The van der Waals surface area contributed by atoms with Gasteiger partial charge in [0.25, 0.3) is 0 Å². The Hall–Kier alpha value is -12.3. The highest BCUT2D eigenvalue weighted by molar-refractivity contribution is 9.11. The van der Waals surface area contributed by atoms with Crippen molar-refractivity contribution in [2.24, 2.45) is 0 Å². The van der Waals surface area contributed by atoms with Gasteiger partial charge in [0.05, 0.1) is 0 Å². The Kier molecular flexibility index (Phi) is 18.0. The molecule has 0 unspecified atom stereocenters. The lowest BCUT2D eigenvalue weighted by atomic mass is 9.77. The zero-order valence-electron chi connectivity index (χ0n) is 58.3. The van der Waals surface area contributed by atoms with Gasteiger partial charge >= 0.3 is 7.12 Å². The van der Waals surface area contributed by atoms with Crippen LogP contribution in [0.3, 0.4) is 0 Å². The van der Waals surface area contributed by atoms with Crippen LogP contribution in [0.15, 0.2) is 403 Å². The second-order valence-electron chi connectivity index (χ2n) is 27.5.